The van der Waals surface area contributed by atoms with Crippen molar-refractivity contribution in [3.63, 3.8) is 0 Å². The van der Waals surface area contributed by atoms with Crippen molar-refractivity contribution in [1.29, 1.82) is 5.26 Å². The average molecular weight is 306 g/mol. The fourth-order valence-corrected chi connectivity index (χ4v) is 2.26. The Morgan fingerprint density at radius 3 is 2.26 bits per heavy atom. The SMILES string of the molecule is COc1cc2nccc(Oc3ccc(C#N)cc3)c2cc1OC. The Kier molecular flexibility index (Phi) is 3.98. The number of hydrogen-bond acceptors (Lipinski definition) is 5. The summed E-state index contributed by atoms with van der Waals surface area (Å²) < 4.78 is 16.5. The summed E-state index contributed by atoms with van der Waals surface area (Å²) in [4.78, 5) is 4.34. The number of pyridine rings is 1. The Balaban J connectivity index is 2.04. The summed E-state index contributed by atoms with van der Waals surface area (Å²) in [5.41, 5.74) is 1.33. The first-order valence-corrected chi connectivity index (χ1v) is 6.94. The van der Waals surface area contributed by atoms with Gasteiger partial charge in [0.15, 0.2) is 11.5 Å². The molecule has 2 aromatic carbocycles. The molecule has 1 aromatic heterocycles. The first-order chi connectivity index (χ1) is 11.2. The molecular weight excluding hydrogens is 292 g/mol. The maximum Gasteiger partial charge on any atom is 0.162 e. The normalized spacial score (nSPS) is 10.1. The summed E-state index contributed by atoms with van der Waals surface area (Å²) >= 11 is 0. The Morgan fingerprint density at radius 1 is 0.913 bits per heavy atom. The zero-order chi connectivity index (χ0) is 16.2. The highest BCUT2D eigenvalue weighted by Gasteiger charge is 2.11. The highest BCUT2D eigenvalue weighted by atomic mass is 16.5. The number of fused-ring (bicyclic) bond motifs is 1. The molecule has 0 saturated heterocycles. The molecular formula is C18H14N2O3. The van der Waals surface area contributed by atoms with Crippen LogP contribution in [0, 0.1) is 11.3 Å². The number of nitriles is 1. The van der Waals surface area contributed by atoms with Gasteiger partial charge in [0, 0.05) is 17.6 Å². The molecule has 1 heterocycles. The van der Waals surface area contributed by atoms with Crippen LogP contribution in [-0.2, 0) is 0 Å². The van der Waals surface area contributed by atoms with E-state index in [1.807, 2.05) is 6.07 Å². The van der Waals surface area contributed by atoms with Crippen molar-refractivity contribution >= 4 is 10.9 Å². The van der Waals surface area contributed by atoms with Crippen LogP contribution >= 0.6 is 0 Å². The van der Waals surface area contributed by atoms with Crippen LogP contribution in [0.2, 0.25) is 0 Å². The Bertz CT molecular complexity index is 883. The zero-order valence-electron chi connectivity index (χ0n) is 12.7. The van der Waals surface area contributed by atoms with E-state index in [0.29, 0.717) is 28.6 Å². The van der Waals surface area contributed by atoms with Crippen molar-refractivity contribution in [2.75, 3.05) is 14.2 Å². The molecule has 0 N–H and O–H groups in total. The van der Waals surface area contributed by atoms with Crippen LogP contribution in [0.15, 0.2) is 48.7 Å². The molecule has 114 valence electrons. The number of ether oxygens (including phenoxy) is 3. The molecule has 0 unspecified atom stereocenters. The van der Waals surface area contributed by atoms with Crippen molar-refractivity contribution in [3.8, 4) is 29.1 Å². The maximum atomic E-state index is 8.84. The summed E-state index contributed by atoms with van der Waals surface area (Å²) in [7, 11) is 3.17. The number of rotatable bonds is 4. The van der Waals surface area contributed by atoms with Gasteiger partial charge in [-0.05, 0) is 36.4 Å². The highest BCUT2D eigenvalue weighted by molar-refractivity contribution is 5.88. The summed E-state index contributed by atoms with van der Waals surface area (Å²) in [6, 6.07) is 14.4. The van der Waals surface area contributed by atoms with E-state index in [4.69, 9.17) is 19.5 Å². The van der Waals surface area contributed by atoms with Crippen molar-refractivity contribution in [1.82, 2.24) is 4.98 Å². The van der Waals surface area contributed by atoms with Gasteiger partial charge in [0.2, 0.25) is 0 Å². The van der Waals surface area contributed by atoms with Crippen molar-refractivity contribution in [2.24, 2.45) is 0 Å². The predicted molar refractivity (Wildman–Crippen MR) is 86.1 cm³/mol. The van der Waals surface area contributed by atoms with Crippen LogP contribution in [0.1, 0.15) is 5.56 Å². The molecule has 0 radical (unpaired) electrons. The smallest absolute Gasteiger partial charge is 0.162 e. The first kappa shape index (κ1) is 14.7. The Labute approximate surface area is 133 Å². The zero-order valence-corrected chi connectivity index (χ0v) is 12.7. The van der Waals surface area contributed by atoms with Crippen molar-refractivity contribution in [2.45, 2.75) is 0 Å². The van der Waals surface area contributed by atoms with E-state index in [1.165, 1.54) is 0 Å². The molecule has 3 rings (SSSR count). The molecule has 0 aliphatic rings. The van der Waals surface area contributed by atoms with Gasteiger partial charge >= 0.3 is 0 Å². The van der Waals surface area contributed by atoms with Crippen LogP contribution in [0.3, 0.4) is 0 Å². The molecule has 0 saturated carbocycles. The van der Waals surface area contributed by atoms with E-state index < -0.39 is 0 Å². The Hall–Kier alpha value is -3.26. The van der Waals surface area contributed by atoms with Crippen molar-refractivity contribution < 1.29 is 14.2 Å². The molecule has 0 amide bonds. The van der Waals surface area contributed by atoms with Gasteiger partial charge in [-0.1, -0.05) is 0 Å². The Morgan fingerprint density at radius 2 is 1.61 bits per heavy atom. The van der Waals surface area contributed by atoms with E-state index >= 15 is 0 Å². The van der Waals surface area contributed by atoms with Gasteiger partial charge in [0.1, 0.15) is 11.5 Å². The number of aromatic nitrogens is 1. The summed E-state index contributed by atoms with van der Waals surface area (Å²) in [5, 5.41) is 9.66. The summed E-state index contributed by atoms with van der Waals surface area (Å²) in [6.07, 6.45) is 1.67. The van der Waals surface area contributed by atoms with Gasteiger partial charge in [-0.3, -0.25) is 4.98 Å². The largest absolute Gasteiger partial charge is 0.493 e. The molecule has 0 bridgehead atoms. The van der Waals surface area contributed by atoms with E-state index in [9.17, 15) is 0 Å². The fourth-order valence-electron chi connectivity index (χ4n) is 2.26. The van der Waals surface area contributed by atoms with Crippen LogP contribution < -0.4 is 14.2 Å². The molecule has 0 aliphatic heterocycles. The minimum absolute atomic E-state index is 0.586. The number of benzene rings is 2. The lowest BCUT2D eigenvalue weighted by Gasteiger charge is -2.12. The minimum atomic E-state index is 0.586. The third-order valence-electron chi connectivity index (χ3n) is 3.42. The lowest BCUT2D eigenvalue weighted by Crippen LogP contribution is -1.93. The fraction of sp³-hybridized carbons (Fsp3) is 0.111. The molecule has 5 nitrogen and oxygen atoms in total. The third-order valence-corrected chi connectivity index (χ3v) is 3.42. The predicted octanol–water partition coefficient (Wildman–Crippen LogP) is 3.92. The molecule has 0 atom stereocenters. The second-order valence-electron chi connectivity index (χ2n) is 4.77. The van der Waals surface area contributed by atoms with Crippen molar-refractivity contribution in [3.05, 3.63) is 54.2 Å². The second-order valence-corrected chi connectivity index (χ2v) is 4.77. The van der Waals surface area contributed by atoms with Gasteiger partial charge in [-0.25, -0.2) is 0 Å². The van der Waals surface area contributed by atoms with E-state index in [2.05, 4.69) is 11.1 Å². The quantitative estimate of drug-likeness (QED) is 0.731. The highest BCUT2D eigenvalue weighted by Crippen LogP contribution is 2.36. The molecule has 0 fully saturated rings. The van der Waals surface area contributed by atoms with E-state index in [1.54, 1.807) is 56.8 Å². The van der Waals surface area contributed by atoms with Crippen LogP contribution in [0.4, 0.5) is 0 Å². The lowest BCUT2D eigenvalue weighted by atomic mass is 10.1. The van der Waals surface area contributed by atoms with Crippen LogP contribution in [-0.4, -0.2) is 19.2 Å². The van der Waals surface area contributed by atoms with Gasteiger partial charge in [0.05, 0.1) is 31.4 Å². The molecule has 0 spiro atoms. The summed E-state index contributed by atoms with van der Waals surface area (Å²) in [5.74, 6) is 2.52. The molecule has 0 aliphatic carbocycles. The molecule has 5 heteroatoms. The number of nitrogens with zero attached hydrogens (tertiary/aromatic N) is 2. The van der Waals surface area contributed by atoms with E-state index in [0.717, 1.165) is 10.9 Å². The van der Waals surface area contributed by atoms with Gasteiger partial charge in [-0.15, -0.1) is 0 Å². The minimum Gasteiger partial charge on any atom is -0.493 e. The lowest BCUT2D eigenvalue weighted by molar-refractivity contribution is 0.355. The molecule has 3 aromatic rings. The van der Waals surface area contributed by atoms with Crippen LogP contribution in [0.25, 0.3) is 10.9 Å². The van der Waals surface area contributed by atoms with Gasteiger partial charge < -0.3 is 14.2 Å². The number of hydrogen-bond donors (Lipinski definition) is 0. The maximum absolute atomic E-state index is 8.84. The standard InChI is InChI=1S/C18H14N2O3/c1-21-17-9-14-15(10-18(17)22-2)20-8-7-16(14)23-13-5-3-12(11-19)4-6-13/h3-10H,1-2H3. The monoisotopic (exact) mass is 306 g/mol. The van der Waals surface area contributed by atoms with E-state index in [-0.39, 0.29) is 0 Å². The van der Waals surface area contributed by atoms with Gasteiger partial charge in [0.25, 0.3) is 0 Å². The van der Waals surface area contributed by atoms with Gasteiger partial charge in [-0.2, -0.15) is 5.26 Å². The molecule has 23 heavy (non-hydrogen) atoms. The first-order valence-electron chi connectivity index (χ1n) is 6.94. The number of methoxy groups -OCH3 is 2. The third kappa shape index (κ3) is 2.87. The second kappa shape index (κ2) is 6.24. The summed E-state index contributed by atoms with van der Waals surface area (Å²) in [6.45, 7) is 0. The van der Waals surface area contributed by atoms with Crippen LogP contribution in [0.5, 0.6) is 23.0 Å². The average Bonchev–Trinajstić information content (AvgIpc) is 2.61. The topological polar surface area (TPSA) is 64.4 Å².